The van der Waals surface area contributed by atoms with Gasteiger partial charge in [0.2, 0.25) is 0 Å². The fourth-order valence-corrected chi connectivity index (χ4v) is 3.03. The highest BCUT2D eigenvalue weighted by Gasteiger charge is 2.14. The van der Waals surface area contributed by atoms with E-state index < -0.39 is 0 Å². The van der Waals surface area contributed by atoms with E-state index in [2.05, 4.69) is 59.1 Å². The summed E-state index contributed by atoms with van der Waals surface area (Å²) in [5.41, 5.74) is 1.40. The molecule has 1 nitrogen and oxygen atoms in total. The Kier molecular flexibility index (Phi) is 5.29. The number of nitrogens with one attached hydrogen (secondary N) is 1. The Morgan fingerprint density at radius 1 is 1.24 bits per heavy atom. The Bertz CT molecular complexity index is 327. The van der Waals surface area contributed by atoms with E-state index in [0.29, 0.717) is 6.04 Å². The minimum absolute atomic E-state index is 0.480. The molecule has 1 saturated carbocycles. The standard InChI is InChI=1S/C15H22IN/c1-12(14-6-8-15(16)9-7-14)17-11-10-13-4-2-3-5-13/h6-9,12-13,17H,2-5,10-11H2,1H3. The molecule has 0 heterocycles. The first-order valence-corrected chi connectivity index (χ1v) is 7.82. The lowest BCUT2D eigenvalue weighted by atomic mass is 10.0. The van der Waals surface area contributed by atoms with Crippen LogP contribution in [0.1, 0.15) is 50.6 Å². The maximum atomic E-state index is 3.64. The minimum Gasteiger partial charge on any atom is -0.310 e. The van der Waals surface area contributed by atoms with Gasteiger partial charge in [0.1, 0.15) is 0 Å². The van der Waals surface area contributed by atoms with E-state index in [-0.39, 0.29) is 0 Å². The van der Waals surface area contributed by atoms with Crippen LogP contribution in [0, 0.1) is 9.49 Å². The predicted octanol–water partition coefficient (Wildman–Crippen LogP) is 4.52. The van der Waals surface area contributed by atoms with Crippen molar-refractivity contribution in [3.05, 3.63) is 33.4 Å². The van der Waals surface area contributed by atoms with Gasteiger partial charge in [-0.05, 0) is 66.1 Å². The van der Waals surface area contributed by atoms with Gasteiger partial charge in [0.15, 0.2) is 0 Å². The van der Waals surface area contributed by atoms with Crippen LogP contribution in [-0.2, 0) is 0 Å². The van der Waals surface area contributed by atoms with Crippen LogP contribution in [0.5, 0.6) is 0 Å². The molecule has 0 spiro atoms. The van der Waals surface area contributed by atoms with E-state index in [1.807, 2.05) is 0 Å². The summed E-state index contributed by atoms with van der Waals surface area (Å²) in [6, 6.07) is 9.31. The lowest BCUT2D eigenvalue weighted by Crippen LogP contribution is -2.21. The molecule has 0 radical (unpaired) electrons. The summed E-state index contributed by atoms with van der Waals surface area (Å²) in [6.07, 6.45) is 7.18. The summed E-state index contributed by atoms with van der Waals surface area (Å²) in [7, 11) is 0. The van der Waals surface area contributed by atoms with Crippen molar-refractivity contribution >= 4 is 22.6 Å². The van der Waals surface area contributed by atoms with Crippen molar-refractivity contribution in [1.29, 1.82) is 0 Å². The SMILES string of the molecule is CC(NCCC1CCCC1)c1ccc(I)cc1. The quantitative estimate of drug-likeness (QED) is 0.775. The molecule has 1 aromatic carbocycles. The van der Waals surface area contributed by atoms with Crippen LogP contribution >= 0.6 is 22.6 Å². The van der Waals surface area contributed by atoms with E-state index in [9.17, 15) is 0 Å². The highest BCUT2D eigenvalue weighted by atomic mass is 127. The molecule has 1 fully saturated rings. The van der Waals surface area contributed by atoms with Gasteiger partial charge in [0.05, 0.1) is 0 Å². The molecule has 0 bridgehead atoms. The minimum atomic E-state index is 0.480. The van der Waals surface area contributed by atoms with E-state index in [1.54, 1.807) is 0 Å². The van der Waals surface area contributed by atoms with Gasteiger partial charge in [-0.1, -0.05) is 37.8 Å². The van der Waals surface area contributed by atoms with Gasteiger partial charge in [-0.25, -0.2) is 0 Å². The van der Waals surface area contributed by atoms with Crippen molar-refractivity contribution in [1.82, 2.24) is 5.32 Å². The lowest BCUT2D eigenvalue weighted by molar-refractivity contribution is 0.455. The normalized spacial score (nSPS) is 18.5. The molecule has 1 aliphatic carbocycles. The number of rotatable bonds is 5. The largest absolute Gasteiger partial charge is 0.310 e. The molecule has 0 amide bonds. The monoisotopic (exact) mass is 343 g/mol. The second-order valence-corrected chi connectivity index (χ2v) is 6.41. The van der Waals surface area contributed by atoms with E-state index >= 15 is 0 Å². The Hall–Kier alpha value is -0.0900. The third kappa shape index (κ3) is 4.25. The summed E-state index contributed by atoms with van der Waals surface area (Å²) >= 11 is 2.35. The Labute approximate surface area is 119 Å². The van der Waals surface area contributed by atoms with Crippen LogP contribution in [0.25, 0.3) is 0 Å². The van der Waals surface area contributed by atoms with Gasteiger partial charge < -0.3 is 5.32 Å². The summed E-state index contributed by atoms with van der Waals surface area (Å²) in [5, 5.41) is 3.64. The van der Waals surface area contributed by atoms with Crippen LogP contribution < -0.4 is 5.32 Å². The number of halogens is 1. The van der Waals surface area contributed by atoms with Gasteiger partial charge >= 0.3 is 0 Å². The first-order chi connectivity index (χ1) is 8.25. The fraction of sp³-hybridized carbons (Fsp3) is 0.600. The fourth-order valence-electron chi connectivity index (χ4n) is 2.67. The average Bonchev–Trinajstić information content (AvgIpc) is 2.83. The smallest absolute Gasteiger partial charge is 0.0291 e. The van der Waals surface area contributed by atoms with Gasteiger partial charge in [0, 0.05) is 9.61 Å². The molecule has 0 aromatic heterocycles. The van der Waals surface area contributed by atoms with Crippen molar-refractivity contribution < 1.29 is 0 Å². The highest BCUT2D eigenvalue weighted by molar-refractivity contribution is 14.1. The molecule has 0 aliphatic heterocycles. The van der Waals surface area contributed by atoms with Crippen molar-refractivity contribution in [3.63, 3.8) is 0 Å². The summed E-state index contributed by atoms with van der Waals surface area (Å²) in [4.78, 5) is 0. The number of benzene rings is 1. The molecular weight excluding hydrogens is 321 g/mol. The van der Waals surface area contributed by atoms with Crippen LogP contribution in [-0.4, -0.2) is 6.54 Å². The number of hydrogen-bond acceptors (Lipinski definition) is 1. The topological polar surface area (TPSA) is 12.0 Å². The number of hydrogen-bond donors (Lipinski definition) is 1. The van der Waals surface area contributed by atoms with Crippen molar-refractivity contribution in [2.24, 2.45) is 5.92 Å². The van der Waals surface area contributed by atoms with E-state index in [0.717, 1.165) is 12.5 Å². The zero-order chi connectivity index (χ0) is 12.1. The third-order valence-electron chi connectivity index (χ3n) is 3.85. The summed E-state index contributed by atoms with van der Waals surface area (Å²) in [6.45, 7) is 3.43. The van der Waals surface area contributed by atoms with Gasteiger partial charge in [-0.3, -0.25) is 0 Å². The maximum Gasteiger partial charge on any atom is 0.0291 e. The molecule has 1 aliphatic rings. The van der Waals surface area contributed by atoms with Crippen LogP contribution in [0.2, 0.25) is 0 Å². The van der Waals surface area contributed by atoms with Crippen LogP contribution in [0.15, 0.2) is 24.3 Å². The average molecular weight is 343 g/mol. The first-order valence-electron chi connectivity index (χ1n) is 6.74. The third-order valence-corrected chi connectivity index (χ3v) is 4.57. The molecule has 17 heavy (non-hydrogen) atoms. The Morgan fingerprint density at radius 2 is 1.88 bits per heavy atom. The second kappa shape index (κ2) is 6.74. The van der Waals surface area contributed by atoms with Crippen LogP contribution in [0.3, 0.4) is 0 Å². The van der Waals surface area contributed by atoms with Gasteiger partial charge in [0.25, 0.3) is 0 Å². The molecule has 0 saturated heterocycles. The van der Waals surface area contributed by atoms with Crippen molar-refractivity contribution in [2.45, 2.75) is 45.1 Å². The molecule has 1 atom stereocenters. The van der Waals surface area contributed by atoms with E-state index in [4.69, 9.17) is 0 Å². The molecule has 2 rings (SSSR count). The molecule has 94 valence electrons. The first kappa shape index (κ1) is 13.3. The Balaban J connectivity index is 1.72. The van der Waals surface area contributed by atoms with Gasteiger partial charge in [-0.15, -0.1) is 0 Å². The summed E-state index contributed by atoms with van der Waals surface area (Å²) < 4.78 is 1.31. The van der Waals surface area contributed by atoms with Crippen molar-refractivity contribution in [2.75, 3.05) is 6.54 Å². The molecule has 1 N–H and O–H groups in total. The van der Waals surface area contributed by atoms with Gasteiger partial charge in [-0.2, -0.15) is 0 Å². The molecule has 1 unspecified atom stereocenters. The maximum absolute atomic E-state index is 3.64. The molecule has 1 aromatic rings. The zero-order valence-corrected chi connectivity index (χ0v) is 12.7. The lowest BCUT2D eigenvalue weighted by Gasteiger charge is -2.16. The zero-order valence-electron chi connectivity index (χ0n) is 10.6. The molecule has 2 heteroatoms. The van der Waals surface area contributed by atoms with Crippen LogP contribution in [0.4, 0.5) is 0 Å². The van der Waals surface area contributed by atoms with Crippen molar-refractivity contribution in [3.8, 4) is 0 Å². The predicted molar refractivity (Wildman–Crippen MR) is 82.2 cm³/mol. The van der Waals surface area contributed by atoms with E-state index in [1.165, 1.54) is 41.2 Å². The highest BCUT2D eigenvalue weighted by Crippen LogP contribution is 2.27. The second-order valence-electron chi connectivity index (χ2n) is 5.17. The summed E-state index contributed by atoms with van der Waals surface area (Å²) in [5.74, 6) is 0.992. The Morgan fingerprint density at radius 3 is 2.53 bits per heavy atom. The molecular formula is C15H22IN.